The Kier molecular flexibility index (Phi) is 4.15. The van der Waals surface area contributed by atoms with Gasteiger partial charge in [-0.15, -0.1) is 0 Å². The molecule has 3 nitrogen and oxygen atoms in total. The summed E-state index contributed by atoms with van der Waals surface area (Å²) in [6, 6.07) is 5.04. The maximum absolute atomic E-state index is 5.87. The SMILES string of the molecule is CC(C)c1cnc(COc2cc(Cl)cc(Cl)c2)o1. The summed E-state index contributed by atoms with van der Waals surface area (Å²) < 4.78 is 11.0. The summed E-state index contributed by atoms with van der Waals surface area (Å²) in [5, 5.41) is 1.07. The molecule has 0 saturated heterocycles. The third-order valence-corrected chi connectivity index (χ3v) is 2.78. The molecule has 0 aliphatic rings. The molecule has 0 unspecified atom stereocenters. The molecule has 0 fully saturated rings. The van der Waals surface area contributed by atoms with Crippen LogP contribution < -0.4 is 4.74 Å². The molecule has 1 aromatic heterocycles. The van der Waals surface area contributed by atoms with E-state index in [0.29, 0.717) is 27.6 Å². The third-order valence-electron chi connectivity index (χ3n) is 2.34. The second kappa shape index (κ2) is 5.63. The number of benzene rings is 1. The lowest BCUT2D eigenvalue weighted by atomic mass is 10.2. The van der Waals surface area contributed by atoms with Crippen molar-refractivity contribution in [1.29, 1.82) is 0 Å². The molecule has 96 valence electrons. The van der Waals surface area contributed by atoms with Crippen molar-refractivity contribution in [1.82, 2.24) is 4.98 Å². The van der Waals surface area contributed by atoms with Gasteiger partial charge in [0.2, 0.25) is 5.89 Å². The van der Waals surface area contributed by atoms with Crippen LogP contribution in [0, 0.1) is 0 Å². The van der Waals surface area contributed by atoms with E-state index in [2.05, 4.69) is 4.98 Å². The van der Waals surface area contributed by atoms with E-state index in [1.807, 2.05) is 13.8 Å². The van der Waals surface area contributed by atoms with Crippen LogP contribution in [0.5, 0.6) is 5.75 Å². The monoisotopic (exact) mass is 285 g/mol. The second-order valence-corrected chi connectivity index (χ2v) is 5.08. The molecule has 1 heterocycles. The van der Waals surface area contributed by atoms with Crippen LogP contribution >= 0.6 is 23.2 Å². The van der Waals surface area contributed by atoms with E-state index in [1.165, 1.54) is 0 Å². The molecule has 0 aliphatic heterocycles. The van der Waals surface area contributed by atoms with Gasteiger partial charge < -0.3 is 9.15 Å². The fraction of sp³-hybridized carbons (Fsp3) is 0.308. The fourth-order valence-electron chi connectivity index (χ4n) is 1.41. The summed E-state index contributed by atoms with van der Waals surface area (Å²) in [5.41, 5.74) is 0. The van der Waals surface area contributed by atoms with Crippen molar-refractivity contribution in [2.24, 2.45) is 0 Å². The second-order valence-electron chi connectivity index (χ2n) is 4.20. The van der Waals surface area contributed by atoms with Gasteiger partial charge in [0.25, 0.3) is 0 Å². The first kappa shape index (κ1) is 13.2. The molecule has 18 heavy (non-hydrogen) atoms. The van der Waals surface area contributed by atoms with Crippen LogP contribution in [0.4, 0.5) is 0 Å². The molecular formula is C13H13Cl2NO2. The van der Waals surface area contributed by atoms with Gasteiger partial charge in [-0.25, -0.2) is 4.98 Å². The summed E-state index contributed by atoms with van der Waals surface area (Å²) in [6.45, 7) is 4.34. The minimum atomic E-state index is 0.253. The van der Waals surface area contributed by atoms with Crippen LogP contribution in [0.25, 0.3) is 0 Å². The largest absolute Gasteiger partial charge is 0.484 e. The van der Waals surface area contributed by atoms with Crippen molar-refractivity contribution in [3.63, 3.8) is 0 Å². The Labute approximate surface area is 116 Å². The minimum absolute atomic E-state index is 0.253. The van der Waals surface area contributed by atoms with Crippen LogP contribution in [0.15, 0.2) is 28.8 Å². The van der Waals surface area contributed by atoms with Crippen LogP contribution in [0.3, 0.4) is 0 Å². The molecular weight excluding hydrogens is 273 g/mol. The highest BCUT2D eigenvalue weighted by Crippen LogP contribution is 2.25. The molecule has 0 amide bonds. The lowest BCUT2D eigenvalue weighted by Gasteiger charge is -2.04. The van der Waals surface area contributed by atoms with Crippen molar-refractivity contribution >= 4 is 23.2 Å². The van der Waals surface area contributed by atoms with Crippen molar-refractivity contribution < 1.29 is 9.15 Å². The summed E-state index contributed by atoms with van der Waals surface area (Å²) in [4.78, 5) is 4.14. The lowest BCUT2D eigenvalue weighted by Crippen LogP contribution is -1.95. The van der Waals surface area contributed by atoms with Gasteiger partial charge in [-0.1, -0.05) is 37.0 Å². The number of ether oxygens (including phenoxy) is 1. The average Bonchev–Trinajstić information content (AvgIpc) is 2.73. The van der Waals surface area contributed by atoms with Crippen molar-refractivity contribution in [3.05, 3.63) is 46.1 Å². The Hall–Kier alpha value is -1.19. The smallest absolute Gasteiger partial charge is 0.232 e. The Balaban J connectivity index is 2.02. The molecule has 0 spiro atoms. The van der Waals surface area contributed by atoms with E-state index in [-0.39, 0.29) is 6.61 Å². The zero-order chi connectivity index (χ0) is 13.1. The van der Waals surface area contributed by atoms with Crippen molar-refractivity contribution in [3.8, 4) is 5.75 Å². The molecule has 0 bridgehead atoms. The highest BCUT2D eigenvalue weighted by molar-refractivity contribution is 6.34. The lowest BCUT2D eigenvalue weighted by molar-refractivity contribution is 0.257. The maximum atomic E-state index is 5.87. The van der Waals surface area contributed by atoms with E-state index in [9.17, 15) is 0 Å². The highest BCUT2D eigenvalue weighted by Gasteiger charge is 2.08. The fourth-order valence-corrected chi connectivity index (χ4v) is 1.92. The van der Waals surface area contributed by atoms with Crippen LogP contribution in [0.1, 0.15) is 31.4 Å². The topological polar surface area (TPSA) is 35.3 Å². The minimum Gasteiger partial charge on any atom is -0.484 e. The predicted octanol–water partition coefficient (Wildman–Crippen LogP) is 4.68. The molecule has 0 aliphatic carbocycles. The summed E-state index contributed by atoms with van der Waals surface area (Å²) in [7, 11) is 0. The van der Waals surface area contributed by atoms with Gasteiger partial charge in [-0.2, -0.15) is 0 Å². The van der Waals surface area contributed by atoms with Gasteiger partial charge in [0, 0.05) is 16.0 Å². The Morgan fingerprint density at radius 2 is 1.89 bits per heavy atom. The molecule has 0 saturated carbocycles. The normalized spacial score (nSPS) is 10.9. The molecule has 0 N–H and O–H groups in total. The van der Waals surface area contributed by atoms with Crippen LogP contribution in [-0.2, 0) is 6.61 Å². The highest BCUT2D eigenvalue weighted by atomic mass is 35.5. The first-order valence-corrected chi connectivity index (χ1v) is 6.33. The number of hydrogen-bond acceptors (Lipinski definition) is 3. The predicted molar refractivity (Wildman–Crippen MR) is 71.4 cm³/mol. The number of oxazole rings is 1. The quantitative estimate of drug-likeness (QED) is 0.818. The Morgan fingerprint density at radius 3 is 2.44 bits per heavy atom. The average molecular weight is 286 g/mol. The van der Waals surface area contributed by atoms with Crippen LogP contribution in [0.2, 0.25) is 10.0 Å². The standard InChI is InChI=1S/C13H13Cl2NO2/c1-8(2)12-6-16-13(18-12)7-17-11-4-9(14)3-10(15)5-11/h3-6,8H,7H2,1-2H3. The number of hydrogen-bond donors (Lipinski definition) is 0. The van der Waals surface area contributed by atoms with Gasteiger partial charge in [-0.3, -0.25) is 0 Å². The van der Waals surface area contributed by atoms with E-state index < -0.39 is 0 Å². The van der Waals surface area contributed by atoms with E-state index in [1.54, 1.807) is 24.4 Å². The molecule has 2 rings (SSSR count). The molecule has 5 heteroatoms. The van der Waals surface area contributed by atoms with Gasteiger partial charge >= 0.3 is 0 Å². The Bertz CT molecular complexity index is 517. The van der Waals surface area contributed by atoms with Crippen molar-refractivity contribution in [2.45, 2.75) is 26.4 Å². The number of rotatable bonds is 4. The zero-order valence-electron chi connectivity index (χ0n) is 10.1. The number of aromatic nitrogens is 1. The first-order chi connectivity index (χ1) is 8.54. The van der Waals surface area contributed by atoms with Gasteiger partial charge in [0.15, 0.2) is 6.61 Å². The maximum Gasteiger partial charge on any atom is 0.232 e. The Morgan fingerprint density at radius 1 is 1.22 bits per heavy atom. The van der Waals surface area contributed by atoms with Crippen molar-refractivity contribution in [2.75, 3.05) is 0 Å². The summed E-state index contributed by atoms with van der Waals surface area (Å²) in [6.07, 6.45) is 1.72. The van der Waals surface area contributed by atoms with E-state index in [0.717, 1.165) is 5.76 Å². The number of nitrogens with zero attached hydrogens (tertiary/aromatic N) is 1. The zero-order valence-corrected chi connectivity index (χ0v) is 11.6. The van der Waals surface area contributed by atoms with E-state index in [4.69, 9.17) is 32.4 Å². The summed E-state index contributed by atoms with van der Waals surface area (Å²) in [5.74, 6) is 2.29. The van der Waals surface area contributed by atoms with E-state index >= 15 is 0 Å². The van der Waals surface area contributed by atoms with Crippen LogP contribution in [-0.4, -0.2) is 4.98 Å². The third kappa shape index (κ3) is 3.40. The van der Waals surface area contributed by atoms with Gasteiger partial charge in [-0.05, 0) is 18.2 Å². The summed E-state index contributed by atoms with van der Waals surface area (Å²) >= 11 is 11.7. The first-order valence-electron chi connectivity index (χ1n) is 5.58. The van der Waals surface area contributed by atoms with Gasteiger partial charge in [0.05, 0.1) is 6.20 Å². The molecule has 0 radical (unpaired) electrons. The molecule has 2 aromatic rings. The molecule has 1 aromatic carbocycles. The van der Waals surface area contributed by atoms with Gasteiger partial charge in [0.1, 0.15) is 11.5 Å². The molecule has 0 atom stereocenters. The number of halogens is 2.